The van der Waals surface area contributed by atoms with Crippen LogP contribution in [0.15, 0.2) is 42.5 Å². The first kappa shape index (κ1) is 20.0. The molecular formula is C24H26N2O4. The van der Waals surface area contributed by atoms with Crippen LogP contribution in [0.25, 0.3) is 10.9 Å². The number of fused-ring (bicyclic) bond motifs is 3. The Kier molecular flexibility index (Phi) is 5.74. The number of hydrogen-bond donors (Lipinski definition) is 2. The molecule has 3 aromatic rings. The zero-order valence-electron chi connectivity index (χ0n) is 17.3. The number of hydrogen-bond acceptors (Lipinski definition) is 4. The van der Waals surface area contributed by atoms with Crippen molar-refractivity contribution in [3.63, 3.8) is 0 Å². The standard InChI is InChI=1S/C24H26N2O4/c1-3-30-24(28)20-9-5-7-18-17-6-4-8-19(21(17)26-22(18)20)23(27)25-14-15-10-12-16(29-2)13-11-15/h4,6,8,10-13,20,26H,3,5,7,9,14H2,1-2H3,(H,25,27). The van der Waals surface area contributed by atoms with Crippen molar-refractivity contribution in [3.05, 3.63) is 64.8 Å². The molecule has 1 atom stereocenters. The molecule has 0 saturated heterocycles. The molecule has 1 unspecified atom stereocenters. The van der Waals surface area contributed by atoms with Crippen LogP contribution in [0, 0.1) is 0 Å². The van der Waals surface area contributed by atoms with Gasteiger partial charge in [-0.2, -0.15) is 0 Å². The highest BCUT2D eigenvalue weighted by Gasteiger charge is 2.31. The quantitative estimate of drug-likeness (QED) is 0.604. The first-order valence-electron chi connectivity index (χ1n) is 10.3. The number of benzene rings is 2. The van der Waals surface area contributed by atoms with Crippen LogP contribution < -0.4 is 10.1 Å². The molecule has 30 heavy (non-hydrogen) atoms. The van der Waals surface area contributed by atoms with Gasteiger partial charge in [-0.1, -0.05) is 24.3 Å². The Morgan fingerprint density at radius 2 is 1.97 bits per heavy atom. The zero-order chi connectivity index (χ0) is 21.1. The predicted molar refractivity (Wildman–Crippen MR) is 115 cm³/mol. The summed E-state index contributed by atoms with van der Waals surface area (Å²) >= 11 is 0. The highest BCUT2D eigenvalue weighted by molar-refractivity contribution is 6.07. The van der Waals surface area contributed by atoms with E-state index in [0.717, 1.165) is 52.7 Å². The highest BCUT2D eigenvalue weighted by Crippen LogP contribution is 2.37. The van der Waals surface area contributed by atoms with E-state index < -0.39 is 0 Å². The number of H-pyrrole nitrogens is 1. The van der Waals surface area contributed by atoms with Crippen LogP contribution >= 0.6 is 0 Å². The van der Waals surface area contributed by atoms with E-state index in [1.807, 2.05) is 49.4 Å². The largest absolute Gasteiger partial charge is 0.497 e. The number of esters is 1. The second-order valence-corrected chi connectivity index (χ2v) is 7.47. The Labute approximate surface area is 175 Å². The fraction of sp³-hybridized carbons (Fsp3) is 0.333. The van der Waals surface area contributed by atoms with Crippen LogP contribution in [0.3, 0.4) is 0 Å². The monoisotopic (exact) mass is 406 g/mol. The SMILES string of the molecule is CCOC(=O)C1CCCc2c1[nH]c1c(C(=O)NCc3ccc(OC)cc3)cccc21. The third-order valence-electron chi connectivity index (χ3n) is 5.67. The van der Waals surface area contributed by atoms with Crippen LogP contribution in [0.5, 0.6) is 5.75 Å². The first-order valence-corrected chi connectivity index (χ1v) is 10.3. The Balaban J connectivity index is 1.60. The topological polar surface area (TPSA) is 80.4 Å². The Hall–Kier alpha value is -3.28. The van der Waals surface area contributed by atoms with E-state index in [-0.39, 0.29) is 17.8 Å². The molecule has 4 rings (SSSR count). The predicted octanol–water partition coefficient (Wildman–Crippen LogP) is 4.09. The first-order chi connectivity index (χ1) is 14.6. The molecule has 156 valence electrons. The summed E-state index contributed by atoms with van der Waals surface area (Å²) in [6, 6.07) is 13.3. The molecule has 0 saturated carbocycles. The number of carbonyl (C=O) groups is 2. The van der Waals surface area contributed by atoms with Crippen molar-refractivity contribution in [1.82, 2.24) is 10.3 Å². The number of carbonyl (C=O) groups excluding carboxylic acids is 2. The van der Waals surface area contributed by atoms with Gasteiger partial charge in [-0.05, 0) is 55.5 Å². The maximum atomic E-state index is 12.9. The number of rotatable bonds is 6. The summed E-state index contributed by atoms with van der Waals surface area (Å²) in [6.45, 7) is 2.60. The van der Waals surface area contributed by atoms with E-state index in [0.29, 0.717) is 18.7 Å². The van der Waals surface area contributed by atoms with Gasteiger partial charge in [0.05, 0.1) is 30.7 Å². The van der Waals surface area contributed by atoms with Gasteiger partial charge in [-0.15, -0.1) is 0 Å². The summed E-state index contributed by atoms with van der Waals surface area (Å²) in [4.78, 5) is 28.8. The molecule has 0 fully saturated rings. The molecule has 2 N–H and O–H groups in total. The van der Waals surface area contributed by atoms with Gasteiger partial charge in [-0.25, -0.2) is 0 Å². The zero-order valence-corrected chi connectivity index (χ0v) is 17.3. The van der Waals surface area contributed by atoms with E-state index in [1.165, 1.54) is 0 Å². The molecule has 1 amide bonds. The average molecular weight is 406 g/mol. The van der Waals surface area contributed by atoms with E-state index in [1.54, 1.807) is 7.11 Å². The second-order valence-electron chi connectivity index (χ2n) is 7.47. The van der Waals surface area contributed by atoms with Gasteiger partial charge in [-0.3, -0.25) is 9.59 Å². The number of amides is 1. The van der Waals surface area contributed by atoms with Crippen molar-refractivity contribution in [2.24, 2.45) is 0 Å². The van der Waals surface area contributed by atoms with Gasteiger partial charge in [0.25, 0.3) is 5.91 Å². The number of methoxy groups -OCH3 is 1. The van der Waals surface area contributed by atoms with Gasteiger partial charge in [0, 0.05) is 17.6 Å². The van der Waals surface area contributed by atoms with Crippen molar-refractivity contribution in [2.75, 3.05) is 13.7 Å². The fourth-order valence-electron chi connectivity index (χ4n) is 4.18. The van der Waals surface area contributed by atoms with Crippen LogP contribution in [0.4, 0.5) is 0 Å². The molecule has 1 aromatic heterocycles. The normalized spacial score (nSPS) is 15.5. The van der Waals surface area contributed by atoms with Crippen molar-refractivity contribution < 1.29 is 19.1 Å². The van der Waals surface area contributed by atoms with Gasteiger partial charge >= 0.3 is 5.97 Å². The highest BCUT2D eigenvalue weighted by atomic mass is 16.5. The molecule has 0 spiro atoms. The summed E-state index contributed by atoms with van der Waals surface area (Å²) in [5, 5.41) is 4.00. The minimum absolute atomic E-state index is 0.150. The minimum atomic E-state index is -0.295. The van der Waals surface area contributed by atoms with Gasteiger partial charge in [0.1, 0.15) is 5.75 Å². The maximum Gasteiger partial charge on any atom is 0.314 e. The number of ether oxygens (including phenoxy) is 2. The molecule has 1 aliphatic rings. The summed E-state index contributed by atoms with van der Waals surface area (Å²) < 4.78 is 10.4. The van der Waals surface area contributed by atoms with Crippen LogP contribution in [0.2, 0.25) is 0 Å². The molecule has 1 aliphatic carbocycles. The Morgan fingerprint density at radius 3 is 2.70 bits per heavy atom. The van der Waals surface area contributed by atoms with Crippen molar-refractivity contribution >= 4 is 22.8 Å². The molecule has 2 aromatic carbocycles. The van der Waals surface area contributed by atoms with Crippen molar-refractivity contribution in [3.8, 4) is 5.75 Å². The lowest BCUT2D eigenvalue weighted by Gasteiger charge is -2.20. The van der Waals surface area contributed by atoms with Crippen LogP contribution in [0.1, 0.15) is 52.9 Å². The summed E-state index contributed by atoms with van der Waals surface area (Å²) in [5.74, 6) is 0.137. The van der Waals surface area contributed by atoms with Crippen molar-refractivity contribution in [2.45, 2.75) is 38.6 Å². The Morgan fingerprint density at radius 1 is 1.17 bits per heavy atom. The number of aryl methyl sites for hydroxylation is 1. The lowest BCUT2D eigenvalue weighted by atomic mass is 9.86. The van der Waals surface area contributed by atoms with E-state index in [4.69, 9.17) is 9.47 Å². The molecule has 0 aliphatic heterocycles. The lowest BCUT2D eigenvalue weighted by Crippen LogP contribution is -2.23. The van der Waals surface area contributed by atoms with E-state index in [2.05, 4.69) is 10.3 Å². The summed E-state index contributed by atoms with van der Waals surface area (Å²) in [6.07, 6.45) is 2.58. The molecule has 0 radical (unpaired) electrons. The third-order valence-corrected chi connectivity index (χ3v) is 5.67. The number of nitrogens with one attached hydrogen (secondary N) is 2. The second kappa shape index (κ2) is 8.61. The van der Waals surface area contributed by atoms with Crippen molar-refractivity contribution in [1.29, 1.82) is 0 Å². The number of aromatic nitrogens is 1. The molecule has 6 nitrogen and oxygen atoms in total. The summed E-state index contributed by atoms with van der Waals surface area (Å²) in [7, 11) is 1.62. The van der Waals surface area contributed by atoms with Gasteiger partial charge < -0.3 is 19.8 Å². The average Bonchev–Trinajstić information content (AvgIpc) is 3.17. The van der Waals surface area contributed by atoms with E-state index >= 15 is 0 Å². The minimum Gasteiger partial charge on any atom is -0.497 e. The lowest BCUT2D eigenvalue weighted by molar-refractivity contribution is -0.145. The molecular weight excluding hydrogens is 380 g/mol. The molecule has 0 bridgehead atoms. The number of para-hydroxylation sites is 1. The molecule has 6 heteroatoms. The smallest absolute Gasteiger partial charge is 0.314 e. The van der Waals surface area contributed by atoms with Gasteiger partial charge in [0.15, 0.2) is 0 Å². The Bertz CT molecular complexity index is 1070. The number of aromatic amines is 1. The third kappa shape index (κ3) is 3.77. The fourth-order valence-corrected chi connectivity index (χ4v) is 4.18. The van der Waals surface area contributed by atoms with E-state index in [9.17, 15) is 9.59 Å². The maximum absolute atomic E-state index is 12.9. The van der Waals surface area contributed by atoms with Gasteiger partial charge in [0.2, 0.25) is 0 Å². The van der Waals surface area contributed by atoms with Crippen LogP contribution in [-0.4, -0.2) is 30.6 Å². The molecule has 1 heterocycles. The van der Waals surface area contributed by atoms with Crippen LogP contribution in [-0.2, 0) is 22.5 Å². The summed E-state index contributed by atoms with van der Waals surface area (Å²) in [5.41, 5.74) is 4.37.